The molecule has 4 rings (SSSR count). The lowest BCUT2D eigenvalue weighted by molar-refractivity contribution is 0.0986. The largest absolute Gasteiger partial charge is 0.489 e. The lowest BCUT2D eigenvalue weighted by Gasteiger charge is -2.25. The standard InChI is InChI=1S/C24H37N5O3/c1-16-22(32-18-8-4-3-5-9-18)12-11-19(27-16)23(25)21(28(2)26)15-31-24(30)29-14-13-17-7-6-10-20(17)29/h11-12,17-18,20H,3-10,13-15,25-26H2,1-2H3/b23-21-. The molecule has 2 unspecified atom stereocenters. The first kappa shape index (κ1) is 22.7. The number of nitrogens with two attached hydrogens (primary N) is 2. The maximum absolute atomic E-state index is 12.7. The smallest absolute Gasteiger partial charge is 0.410 e. The lowest BCUT2D eigenvalue weighted by atomic mass is 9.98. The third-order valence-corrected chi connectivity index (χ3v) is 7.22. The van der Waals surface area contributed by atoms with E-state index in [1.165, 1.54) is 37.1 Å². The number of nitrogens with zero attached hydrogens (tertiary/aromatic N) is 3. The van der Waals surface area contributed by atoms with E-state index in [0.29, 0.717) is 29.0 Å². The third-order valence-electron chi connectivity index (χ3n) is 7.22. The van der Waals surface area contributed by atoms with E-state index in [-0.39, 0.29) is 18.8 Å². The highest BCUT2D eigenvalue weighted by Gasteiger charge is 2.40. The van der Waals surface area contributed by atoms with Gasteiger partial charge in [0.2, 0.25) is 0 Å². The van der Waals surface area contributed by atoms with Gasteiger partial charge in [-0.15, -0.1) is 0 Å². The van der Waals surface area contributed by atoms with E-state index < -0.39 is 0 Å². The molecule has 1 aromatic rings. The first-order chi connectivity index (χ1) is 15.4. The van der Waals surface area contributed by atoms with E-state index in [0.717, 1.165) is 43.7 Å². The van der Waals surface area contributed by atoms with Crippen molar-refractivity contribution >= 4 is 11.8 Å². The normalized spacial score (nSPS) is 24.2. The number of hydrogen-bond acceptors (Lipinski definition) is 7. The Bertz CT molecular complexity index is 850. The Hall–Kier alpha value is -2.48. The predicted molar refractivity (Wildman–Crippen MR) is 123 cm³/mol. The van der Waals surface area contributed by atoms with Crippen molar-refractivity contribution in [3.8, 4) is 5.75 Å². The van der Waals surface area contributed by atoms with Gasteiger partial charge in [-0.05, 0) is 69.9 Å². The number of carbonyl (C=O) groups excluding carboxylic acids is 1. The highest BCUT2D eigenvalue weighted by molar-refractivity contribution is 5.70. The van der Waals surface area contributed by atoms with Crippen LogP contribution in [0, 0.1) is 12.8 Å². The predicted octanol–water partition coefficient (Wildman–Crippen LogP) is 3.55. The summed E-state index contributed by atoms with van der Waals surface area (Å²) in [4.78, 5) is 19.2. The van der Waals surface area contributed by atoms with E-state index in [1.807, 2.05) is 24.0 Å². The number of hydrazine groups is 1. The van der Waals surface area contributed by atoms with E-state index in [9.17, 15) is 4.79 Å². The molecule has 1 amide bonds. The summed E-state index contributed by atoms with van der Waals surface area (Å²) >= 11 is 0. The molecular weight excluding hydrogens is 406 g/mol. The molecule has 3 aliphatic rings. The summed E-state index contributed by atoms with van der Waals surface area (Å²) in [5, 5.41) is 1.40. The second-order valence-corrected chi connectivity index (χ2v) is 9.42. The fourth-order valence-corrected chi connectivity index (χ4v) is 5.38. The molecule has 8 nitrogen and oxygen atoms in total. The molecule has 32 heavy (non-hydrogen) atoms. The number of aromatic nitrogens is 1. The monoisotopic (exact) mass is 443 g/mol. The lowest BCUT2D eigenvalue weighted by Crippen LogP contribution is -2.38. The number of likely N-dealkylation sites (N-methyl/N-ethyl adjacent to an activating group) is 1. The Morgan fingerprint density at radius 2 is 1.94 bits per heavy atom. The van der Waals surface area contributed by atoms with Gasteiger partial charge in [-0.3, -0.25) is 0 Å². The molecular formula is C24H37N5O3. The fraction of sp³-hybridized carbons (Fsp3) is 0.667. The maximum atomic E-state index is 12.7. The summed E-state index contributed by atoms with van der Waals surface area (Å²) in [7, 11) is 1.69. The van der Waals surface area contributed by atoms with Crippen LogP contribution in [0.25, 0.3) is 5.70 Å². The average molecular weight is 444 g/mol. The van der Waals surface area contributed by atoms with Crippen LogP contribution >= 0.6 is 0 Å². The number of pyridine rings is 1. The quantitative estimate of drug-likeness (QED) is 0.511. The summed E-state index contributed by atoms with van der Waals surface area (Å²) < 4.78 is 11.8. The molecule has 2 atom stereocenters. The van der Waals surface area contributed by atoms with E-state index >= 15 is 0 Å². The molecule has 0 spiro atoms. The SMILES string of the molecule is Cc1nc(/C(N)=C(\COC(=O)N2CCC3CCCC32)N(C)N)ccc1OC1CCCCC1. The van der Waals surface area contributed by atoms with E-state index in [4.69, 9.17) is 21.1 Å². The van der Waals surface area contributed by atoms with Crippen molar-refractivity contribution in [1.82, 2.24) is 14.9 Å². The summed E-state index contributed by atoms with van der Waals surface area (Å²) in [5.74, 6) is 7.45. The van der Waals surface area contributed by atoms with Crippen LogP contribution in [-0.4, -0.2) is 53.3 Å². The zero-order valence-electron chi connectivity index (χ0n) is 19.4. The fourth-order valence-electron chi connectivity index (χ4n) is 5.38. The molecule has 3 fully saturated rings. The number of carbonyl (C=O) groups is 1. The molecule has 1 saturated heterocycles. The third kappa shape index (κ3) is 4.95. The van der Waals surface area contributed by atoms with E-state index in [1.54, 1.807) is 7.05 Å². The Balaban J connectivity index is 1.43. The van der Waals surface area contributed by atoms with Crippen LogP contribution in [0.5, 0.6) is 5.75 Å². The van der Waals surface area contributed by atoms with Crippen molar-refractivity contribution in [3.63, 3.8) is 0 Å². The van der Waals surface area contributed by atoms with Crippen LogP contribution < -0.4 is 16.3 Å². The Morgan fingerprint density at radius 3 is 2.66 bits per heavy atom. The van der Waals surface area contributed by atoms with Gasteiger partial charge in [-0.1, -0.05) is 12.8 Å². The van der Waals surface area contributed by atoms with Crippen LogP contribution in [0.4, 0.5) is 4.79 Å². The van der Waals surface area contributed by atoms with Crippen molar-refractivity contribution in [3.05, 3.63) is 29.2 Å². The highest BCUT2D eigenvalue weighted by Crippen LogP contribution is 2.38. The number of aryl methyl sites for hydroxylation is 1. The molecule has 176 valence electrons. The van der Waals surface area contributed by atoms with Gasteiger partial charge in [0, 0.05) is 19.6 Å². The van der Waals surface area contributed by atoms with Crippen LogP contribution in [-0.2, 0) is 4.74 Å². The minimum Gasteiger partial charge on any atom is -0.489 e. The molecule has 4 N–H and O–H groups in total. The van der Waals surface area contributed by atoms with Gasteiger partial charge in [-0.2, -0.15) is 0 Å². The van der Waals surface area contributed by atoms with Gasteiger partial charge in [0.1, 0.15) is 12.4 Å². The molecule has 2 saturated carbocycles. The molecule has 2 aliphatic carbocycles. The minimum atomic E-state index is -0.285. The molecule has 2 heterocycles. The van der Waals surface area contributed by atoms with Crippen LogP contribution in [0.1, 0.15) is 69.2 Å². The van der Waals surface area contributed by atoms with E-state index in [2.05, 4.69) is 4.98 Å². The molecule has 8 heteroatoms. The second kappa shape index (κ2) is 9.98. The first-order valence-electron chi connectivity index (χ1n) is 12.0. The summed E-state index contributed by atoms with van der Waals surface area (Å²) in [6.07, 6.45) is 10.4. The highest BCUT2D eigenvalue weighted by atomic mass is 16.6. The summed E-state index contributed by atoms with van der Waals surface area (Å²) in [5.41, 5.74) is 8.72. The second-order valence-electron chi connectivity index (χ2n) is 9.42. The summed E-state index contributed by atoms with van der Waals surface area (Å²) in [6.45, 7) is 2.70. The van der Waals surface area contributed by atoms with Crippen molar-refractivity contribution in [2.75, 3.05) is 20.2 Å². The number of rotatable bonds is 6. The topological polar surface area (TPSA) is 107 Å². The molecule has 0 aromatic carbocycles. The number of hydrogen-bond donors (Lipinski definition) is 2. The number of ether oxygens (including phenoxy) is 2. The van der Waals surface area contributed by atoms with Crippen molar-refractivity contribution in [2.24, 2.45) is 17.5 Å². The zero-order chi connectivity index (χ0) is 22.7. The van der Waals surface area contributed by atoms with Gasteiger partial charge in [0.05, 0.1) is 28.9 Å². The zero-order valence-corrected chi connectivity index (χ0v) is 19.4. The van der Waals surface area contributed by atoms with Gasteiger partial charge >= 0.3 is 6.09 Å². The Labute approximate surface area is 190 Å². The number of likely N-dealkylation sites (tertiary alicyclic amines) is 1. The first-order valence-corrected chi connectivity index (χ1v) is 12.0. The average Bonchev–Trinajstić information content (AvgIpc) is 3.39. The molecule has 1 aromatic heterocycles. The van der Waals surface area contributed by atoms with Gasteiger partial charge in [-0.25, -0.2) is 15.6 Å². The Kier molecular flexibility index (Phi) is 7.08. The molecule has 0 bridgehead atoms. The number of amides is 1. The molecule has 0 radical (unpaired) electrons. The van der Waals surface area contributed by atoms with Crippen molar-refractivity contribution in [1.29, 1.82) is 0 Å². The van der Waals surface area contributed by atoms with Crippen molar-refractivity contribution < 1.29 is 14.3 Å². The van der Waals surface area contributed by atoms with Gasteiger partial charge in [0.25, 0.3) is 0 Å². The van der Waals surface area contributed by atoms with Crippen LogP contribution in [0.15, 0.2) is 17.8 Å². The molecule has 1 aliphatic heterocycles. The van der Waals surface area contributed by atoms with Gasteiger partial charge in [0.15, 0.2) is 0 Å². The number of fused-ring (bicyclic) bond motifs is 1. The van der Waals surface area contributed by atoms with Crippen LogP contribution in [0.2, 0.25) is 0 Å². The minimum absolute atomic E-state index is 0.00655. The Morgan fingerprint density at radius 1 is 1.16 bits per heavy atom. The van der Waals surface area contributed by atoms with Gasteiger partial charge < -0.3 is 25.1 Å². The van der Waals surface area contributed by atoms with Crippen LogP contribution in [0.3, 0.4) is 0 Å². The summed E-state index contributed by atoms with van der Waals surface area (Å²) in [6, 6.07) is 4.09. The van der Waals surface area contributed by atoms with Crippen molar-refractivity contribution in [2.45, 2.75) is 76.9 Å². The maximum Gasteiger partial charge on any atom is 0.410 e.